The average Bonchev–Trinajstić information content (AvgIpc) is 2.69. The summed E-state index contributed by atoms with van der Waals surface area (Å²) in [6, 6.07) is 13.3. The molecule has 0 saturated carbocycles. The van der Waals surface area contributed by atoms with E-state index in [1.54, 1.807) is 36.4 Å². The van der Waals surface area contributed by atoms with Crippen LogP contribution in [0.25, 0.3) is 0 Å². The van der Waals surface area contributed by atoms with Crippen LogP contribution in [-0.4, -0.2) is 19.1 Å². The molecule has 6 nitrogen and oxygen atoms in total. The van der Waals surface area contributed by atoms with Crippen LogP contribution in [0.3, 0.4) is 0 Å². The second-order valence-electron chi connectivity index (χ2n) is 6.63. The van der Waals surface area contributed by atoms with E-state index in [1.165, 1.54) is 7.11 Å². The maximum Gasteiger partial charge on any atom is 0.337 e. The topological polar surface area (TPSA) is 76.7 Å². The van der Waals surface area contributed by atoms with E-state index >= 15 is 0 Å². The third kappa shape index (κ3) is 4.28. The largest absolute Gasteiger partial charge is 0.466 e. The number of nitrogens with one attached hydrogen (secondary N) is 2. The van der Waals surface area contributed by atoms with E-state index in [9.17, 15) is 9.59 Å². The summed E-state index contributed by atoms with van der Waals surface area (Å²) in [5.41, 5.74) is 1.70. The van der Waals surface area contributed by atoms with Crippen molar-refractivity contribution in [2.45, 2.75) is 19.9 Å². The lowest BCUT2D eigenvalue weighted by molar-refractivity contribution is -0.136. The van der Waals surface area contributed by atoms with Gasteiger partial charge in [-0.3, -0.25) is 0 Å². The van der Waals surface area contributed by atoms with Gasteiger partial charge in [-0.2, -0.15) is 0 Å². The number of urea groups is 1. The van der Waals surface area contributed by atoms with Crippen molar-refractivity contribution in [1.82, 2.24) is 10.6 Å². The lowest BCUT2D eigenvalue weighted by Crippen LogP contribution is -2.47. The molecule has 1 aliphatic rings. The molecule has 7 heteroatoms. The van der Waals surface area contributed by atoms with E-state index in [4.69, 9.17) is 21.1 Å². The van der Waals surface area contributed by atoms with Crippen LogP contribution in [0, 0.1) is 5.92 Å². The number of hydrogen-bond donors (Lipinski definition) is 2. The minimum absolute atomic E-state index is 0.0461. The first kappa shape index (κ1) is 19.8. The van der Waals surface area contributed by atoms with E-state index < -0.39 is 12.0 Å². The molecule has 0 spiro atoms. The van der Waals surface area contributed by atoms with E-state index in [0.29, 0.717) is 27.8 Å². The number of rotatable bonds is 5. The molecule has 0 radical (unpaired) electrons. The average molecular weight is 401 g/mol. The second kappa shape index (κ2) is 8.35. The van der Waals surface area contributed by atoms with Gasteiger partial charge in [0.25, 0.3) is 0 Å². The van der Waals surface area contributed by atoms with Gasteiger partial charge in [0.05, 0.1) is 18.7 Å². The fourth-order valence-corrected chi connectivity index (χ4v) is 3.12. The monoisotopic (exact) mass is 400 g/mol. The number of carbonyl (C=O) groups is 2. The van der Waals surface area contributed by atoms with E-state index in [-0.39, 0.29) is 11.9 Å². The highest BCUT2D eigenvalue weighted by molar-refractivity contribution is 6.30. The van der Waals surface area contributed by atoms with Crippen molar-refractivity contribution in [2.24, 2.45) is 5.92 Å². The maximum atomic E-state index is 12.4. The van der Waals surface area contributed by atoms with Gasteiger partial charge in [-0.1, -0.05) is 37.6 Å². The molecule has 1 aliphatic heterocycles. The first-order valence-electron chi connectivity index (χ1n) is 8.82. The Morgan fingerprint density at radius 1 is 1.04 bits per heavy atom. The Morgan fingerprint density at radius 2 is 1.61 bits per heavy atom. The van der Waals surface area contributed by atoms with Gasteiger partial charge < -0.3 is 20.1 Å². The standard InChI is InChI=1S/C21H21ClN2O4/c1-12(2)18-17(20(25)27-3)19(24-21(26)23-18)13-4-8-15(9-5-13)28-16-10-6-14(22)7-11-16/h4-12,19H,1-3H3,(H2,23,24,26). The normalized spacial score (nSPS) is 16.5. The molecule has 2 amide bonds. The molecule has 0 fully saturated rings. The zero-order valence-electron chi connectivity index (χ0n) is 15.8. The number of carbonyl (C=O) groups excluding carboxylic acids is 2. The van der Waals surface area contributed by atoms with Gasteiger partial charge in [0.1, 0.15) is 11.5 Å². The Morgan fingerprint density at radius 3 is 2.14 bits per heavy atom. The SMILES string of the molecule is COC(=O)C1=C(C(C)C)NC(=O)NC1c1ccc(Oc2ccc(Cl)cc2)cc1. The van der Waals surface area contributed by atoms with Crippen LogP contribution in [0.5, 0.6) is 11.5 Å². The van der Waals surface area contributed by atoms with Gasteiger partial charge in [0.2, 0.25) is 0 Å². The van der Waals surface area contributed by atoms with Crippen LogP contribution in [0.4, 0.5) is 4.79 Å². The molecular weight excluding hydrogens is 380 g/mol. The van der Waals surface area contributed by atoms with Gasteiger partial charge in [-0.15, -0.1) is 0 Å². The minimum Gasteiger partial charge on any atom is -0.466 e. The highest BCUT2D eigenvalue weighted by atomic mass is 35.5. The number of benzene rings is 2. The molecule has 2 aromatic carbocycles. The Bertz CT molecular complexity index is 905. The summed E-state index contributed by atoms with van der Waals surface area (Å²) >= 11 is 5.88. The number of ether oxygens (including phenoxy) is 2. The first-order valence-corrected chi connectivity index (χ1v) is 9.20. The van der Waals surface area contributed by atoms with Crippen LogP contribution in [0.15, 0.2) is 59.8 Å². The number of hydrogen-bond acceptors (Lipinski definition) is 4. The highest BCUT2D eigenvalue weighted by Crippen LogP contribution is 2.32. The van der Waals surface area contributed by atoms with E-state index in [2.05, 4.69) is 10.6 Å². The van der Waals surface area contributed by atoms with E-state index in [1.807, 2.05) is 26.0 Å². The molecule has 1 unspecified atom stereocenters. The molecular formula is C21H21ClN2O4. The quantitative estimate of drug-likeness (QED) is 0.721. The molecule has 28 heavy (non-hydrogen) atoms. The Balaban J connectivity index is 1.90. The van der Waals surface area contributed by atoms with E-state index in [0.717, 1.165) is 5.56 Å². The Labute approximate surface area is 168 Å². The predicted octanol–water partition coefficient (Wildman–Crippen LogP) is 4.57. The Kier molecular flexibility index (Phi) is 5.90. The van der Waals surface area contributed by atoms with Crippen molar-refractivity contribution in [2.75, 3.05) is 7.11 Å². The summed E-state index contributed by atoms with van der Waals surface area (Å²) in [6.45, 7) is 3.81. The van der Waals surface area contributed by atoms with Crippen LogP contribution in [-0.2, 0) is 9.53 Å². The third-order valence-electron chi connectivity index (χ3n) is 4.35. The van der Waals surface area contributed by atoms with Crippen molar-refractivity contribution in [3.05, 3.63) is 70.4 Å². The Hall–Kier alpha value is -2.99. The fraction of sp³-hybridized carbons (Fsp3) is 0.238. The third-order valence-corrected chi connectivity index (χ3v) is 4.60. The minimum atomic E-state index is -0.608. The molecule has 1 atom stereocenters. The van der Waals surface area contributed by atoms with Gasteiger partial charge >= 0.3 is 12.0 Å². The summed E-state index contributed by atoms with van der Waals surface area (Å²) in [5.74, 6) is 0.751. The number of halogens is 1. The van der Waals surface area contributed by atoms with Gasteiger partial charge in [-0.05, 0) is 47.9 Å². The summed E-state index contributed by atoms with van der Waals surface area (Å²) in [5, 5.41) is 6.15. The van der Waals surface area contributed by atoms with Crippen LogP contribution < -0.4 is 15.4 Å². The van der Waals surface area contributed by atoms with Crippen molar-refractivity contribution >= 4 is 23.6 Å². The fourth-order valence-electron chi connectivity index (χ4n) is 2.99. The molecule has 146 valence electrons. The van der Waals surface area contributed by atoms with Gasteiger partial charge in [0.15, 0.2) is 0 Å². The summed E-state index contributed by atoms with van der Waals surface area (Å²) in [7, 11) is 1.32. The molecule has 2 N–H and O–H groups in total. The highest BCUT2D eigenvalue weighted by Gasteiger charge is 2.34. The number of amides is 2. The lowest BCUT2D eigenvalue weighted by atomic mass is 9.91. The summed E-state index contributed by atoms with van der Waals surface area (Å²) in [6.07, 6.45) is 0. The maximum absolute atomic E-state index is 12.4. The smallest absolute Gasteiger partial charge is 0.337 e. The second-order valence-corrected chi connectivity index (χ2v) is 7.07. The van der Waals surface area contributed by atoms with Crippen LogP contribution in [0.1, 0.15) is 25.5 Å². The molecule has 3 rings (SSSR count). The summed E-state index contributed by atoms with van der Waals surface area (Å²) in [4.78, 5) is 24.5. The predicted molar refractivity (Wildman–Crippen MR) is 106 cm³/mol. The van der Waals surface area contributed by atoms with Crippen molar-refractivity contribution in [1.29, 1.82) is 0 Å². The van der Waals surface area contributed by atoms with Gasteiger partial charge in [-0.25, -0.2) is 9.59 Å². The number of methoxy groups -OCH3 is 1. The molecule has 0 aromatic heterocycles. The van der Waals surface area contributed by atoms with Crippen LogP contribution >= 0.6 is 11.6 Å². The zero-order chi connectivity index (χ0) is 20.3. The number of esters is 1. The first-order chi connectivity index (χ1) is 13.4. The molecule has 2 aromatic rings. The van der Waals surface area contributed by atoms with Gasteiger partial charge in [0, 0.05) is 10.7 Å². The lowest BCUT2D eigenvalue weighted by Gasteiger charge is -2.30. The molecule has 0 bridgehead atoms. The van der Waals surface area contributed by atoms with Crippen molar-refractivity contribution in [3.8, 4) is 11.5 Å². The number of allylic oxidation sites excluding steroid dienone is 1. The molecule has 0 saturated heterocycles. The molecule has 0 aliphatic carbocycles. The van der Waals surface area contributed by atoms with Crippen molar-refractivity contribution in [3.63, 3.8) is 0 Å². The summed E-state index contributed by atoms with van der Waals surface area (Å²) < 4.78 is 10.7. The zero-order valence-corrected chi connectivity index (χ0v) is 16.5. The van der Waals surface area contributed by atoms with Crippen LogP contribution in [0.2, 0.25) is 5.02 Å². The van der Waals surface area contributed by atoms with Crippen molar-refractivity contribution < 1.29 is 19.1 Å². The molecule has 1 heterocycles.